The van der Waals surface area contributed by atoms with E-state index in [4.69, 9.17) is 23.2 Å². The molecular formula is C4H5Cl2F3S2. The van der Waals surface area contributed by atoms with Crippen LogP contribution in [0.15, 0.2) is 0 Å². The molecule has 7 heteroatoms. The second kappa shape index (κ2) is 4.35. The van der Waals surface area contributed by atoms with Gasteiger partial charge in [-0.05, 0) is 5.75 Å². The van der Waals surface area contributed by atoms with Crippen molar-refractivity contribution >= 4 is 47.6 Å². The minimum atomic E-state index is -4.59. The summed E-state index contributed by atoms with van der Waals surface area (Å²) in [5, 5.41) is 0. The summed E-state index contributed by atoms with van der Waals surface area (Å²) in [6.07, 6.45) is -4.59. The lowest BCUT2D eigenvalue weighted by Crippen LogP contribution is -2.30. The molecule has 0 aromatic heterocycles. The Labute approximate surface area is 82.2 Å². The molecule has 0 aliphatic heterocycles. The molecule has 0 aromatic carbocycles. The van der Waals surface area contributed by atoms with Gasteiger partial charge in [-0.25, -0.2) is 0 Å². The van der Waals surface area contributed by atoms with Gasteiger partial charge in [0.2, 0.25) is 0 Å². The van der Waals surface area contributed by atoms with E-state index in [1.165, 1.54) is 0 Å². The van der Waals surface area contributed by atoms with E-state index in [1.54, 1.807) is 0 Å². The second-order valence-corrected chi connectivity index (χ2v) is 5.12. The van der Waals surface area contributed by atoms with E-state index in [0.717, 1.165) is 0 Å². The van der Waals surface area contributed by atoms with Crippen molar-refractivity contribution in [2.75, 3.05) is 11.5 Å². The van der Waals surface area contributed by atoms with Crippen LogP contribution < -0.4 is 0 Å². The molecular weight excluding hydrogens is 240 g/mol. The zero-order valence-electron chi connectivity index (χ0n) is 5.16. The van der Waals surface area contributed by atoms with Crippen molar-refractivity contribution in [1.29, 1.82) is 0 Å². The summed E-state index contributed by atoms with van der Waals surface area (Å²) in [6, 6.07) is 0. The maximum atomic E-state index is 11.8. The molecule has 0 aliphatic carbocycles. The Balaban J connectivity index is 4.00. The van der Waals surface area contributed by atoms with Crippen molar-refractivity contribution in [3.63, 3.8) is 0 Å². The summed E-state index contributed by atoms with van der Waals surface area (Å²) in [6.45, 7) is 0. The molecule has 0 rings (SSSR count). The van der Waals surface area contributed by atoms with Gasteiger partial charge in [0.1, 0.15) is 0 Å². The average Bonchev–Trinajstić information content (AvgIpc) is 1.81. The molecule has 0 fully saturated rings. The molecule has 0 heterocycles. The number of hydrogen-bond donors (Lipinski definition) is 1. The number of rotatable bonds is 3. The third-order valence-corrected chi connectivity index (χ3v) is 3.32. The van der Waals surface area contributed by atoms with Crippen molar-refractivity contribution in [2.45, 2.75) is 9.84 Å². The first kappa shape index (κ1) is 12.1. The van der Waals surface area contributed by atoms with Gasteiger partial charge in [-0.2, -0.15) is 25.8 Å². The lowest BCUT2D eigenvalue weighted by molar-refractivity contribution is -0.122. The van der Waals surface area contributed by atoms with Gasteiger partial charge in [-0.15, -0.1) is 11.8 Å². The van der Waals surface area contributed by atoms with E-state index < -0.39 is 9.84 Å². The van der Waals surface area contributed by atoms with E-state index in [1.807, 2.05) is 0 Å². The molecule has 0 radical (unpaired) electrons. The standard InChI is InChI=1S/C4H5Cl2F3S2/c5-3(6,4(7,8)9)11-2-1-10/h10H,1-2H2. The minimum Gasteiger partial charge on any atom is -0.179 e. The van der Waals surface area contributed by atoms with Crippen molar-refractivity contribution in [3.8, 4) is 0 Å². The lowest BCUT2D eigenvalue weighted by atomic mass is 10.8. The highest BCUT2D eigenvalue weighted by atomic mass is 35.5. The molecule has 11 heavy (non-hydrogen) atoms. The predicted octanol–water partition coefficient (Wildman–Crippen LogP) is 3.34. The van der Waals surface area contributed by atoms with Gasteiger partial charge >= 0.3 is 6.18 Å². The van der Waals surface area contributed by atoms with Gasteiger partial charge in [0.25, 0.3) is 3.67 Å². The third-order valence-electron chi connectivity index (χ3n) is 0.705. The molecule has 0 amide bonds. The Morgan fingerprint density at radius 2 is 1.73 bits per heavy atom. The zero-order chi connectivity index (χ0) is 9.12. The fourth-order valence-corrected chi connectivity index (χ4v) is 1.50. The van der Waals surface area contributed by atoms with Crippen LogP contribution in [0, 0.1) is 0 Å². The quantitative estimate of drug-likeness (QED) is 0.587. The molecule has 0 nitrogen and oxygen atoms in total. The molecule has 68 valence electrons. The maximum Gasteiger partial charge on any atom is 0.431 e. The van der Waals surface area contributed by atoms with Crippen LogP contribution in [-0.4, -0.2) is 21.3 Å². The van der Waals surface area contributed by atoms with Crippen LogP contribution in [0.3, 0.4) is 0 Å². The SMILES string of the molecule is FC(F)(F)C(Cl)(Cl)SCCS. The first-order chi connectivity index (χ1) is 4.81. The van der Waals surface area contributed by atoms with Crippen LogP contribution in [0.25, 0.3) is 0 Å². The first-order valence-corrected chi connectivity index (χ1v) is 4.88. The highest BCUT2D eigenvalue weighted by molar-refractivity contribution is 8.03. The van der Waals surface area contributed by atoms with Gasteiger partial charge in [-0.3, -0.25) is 0 Å². The van der Waals surface area contributed by atoms with Crippen molar-refractivity contribution < 1.29 is 13.2 Å². The third kappa shape index (κ3) is 4.01. The monoisotopic (exact) mass is 244 g/mol. The highest BCUT2D eigenvalue weighted by Gasteiger charge is 2.52. The molecule has 0 bridgehead atoms. The van der Waals surface area contributed by atoms with Crippen LogP contribution in [0.5, 0.6) is 0 Å². The summed E-state index contributed by atoms with van der Waals surface area (Å²) in [5.41, 5.74) is 0. The highest BCUT2D eigenvalue weighted by Crippen LogP contribution is 2.48. The van der Waals surface area contributed by atoms with Gasteiger partial charge in [0.05, 0.1) is 0 Å². The van der Waals surface area contributed by atoms with Crippen LogP contribution >= 0.6 is 47.6 Å². The Morgan fingerprint density at radius 1 is 1.27 bits per heavy atom. The normalized spacial score (nSPS) is 13.6. The zero-order valence-corrected chi connectivity index (χ0v) is 8.38. The van der Waals surface area contributed by atoms with Crippen molar-refractivity contribution in [2.24, 2.45) is 0 Å². The number of thioether (sulfide) groups is 1. The first-order valence-electron chi connectivity index (χ1n) is 2.50. The summed E-state index contributed by atoms with van der Waals surface area (Å²) in [4.78, 5) is 0. The van der Waals surface area contributed by atoms with Crippen molar-refractivity contribution in [1.82, 2.24) is 0 Å². The Bertz CT molecular complexity index is 125. The fourth-order valence-electron chi connectivity index (χ4n) is 0.256. The second-order valence-electron chi connectivity index (χ2n) is 1.59. The van der Waals surface area contributed by atoms with Gasteiger partial charge in [0, 0.05) is 5.75 Å². The van der Waals surface area contributed by atoms with E-state index >= 15 is 0 Å². The predicted molar refractivity (Wildman–Crippen MR) is 46.8 cm³/mol. The number of hydrogen-bond acceptors (Lipinski definition) is 2. The van der Waals surface area contributed by atoms with Gasteiger partial charge < -0.3 is 0 Å². The van der Waals surface area contributed by atoms with Crippen LogP contribution in [0.2, 0.25) is 0 Å². The molecule has 0 spiro atoms. The van der Waals surface area contributed by atoms with Crippen molar-refractivity contribution in [3.05, 3.63) is 0 Å². The molecule has 0 saturated carbocycles. The smallest absolute Gasteiger partial charge is 0.179 e. The summed E-state index contributed by atoms with van der Waals surface area (Å²) in [7, 11) is 0. The van der Waals surface area contributed by atoms with E-state index in [0.29, 0.717) is 17.5 Å². The topological polar surface area (TPSA) is 0 Å². The Kier molecular flexibility index (Phi) is 4.77. The fraction of sp³-hybridized carbons (Fsp3) is 1.00. The van der Waals surface area contributed by atoms with E-state index in [-0.39, 0.29) is 5.75 Å². The van der Waals surface area contributed by atoms with Crippen LogP contribution in [-0.2, 0) is 0 Å². The maximum absolute atomic E-state index is 11.8. The Morgan fingerprint density at radius 3 is 2.00 bits per heavy atom. The number of halogens is 5. The lowest BCUT2D eigenvalue weighted by Gasteiger charge is -2.21. The molecule has 0 atom stereocenters. The molecule has 0 saturated heterocycles. The summed E-state index contributed by atoms with van der Waals surface area (Å²) < 4.78 is 32.8. The van der Waals surface area contributed by atoms with Crippen LogP contribution in [0.1, 0.15) is 0 Å². The largest absolute Gasteiger partial charge is 0.431 e. The van der Waals surface area contributed by atoms with E-state index in [9.17, 15) is 13.2 Å². The molecule has 0 aromatic rings. The van der Waals surface area contributed by atoms with Gasteiger partial charge in [0.15, 0.2) is 0 Å². The summed E-state index contributed by atoms with van der Waals surface area (Å²) in [5.74, 6) is 0.470. The molecule has 0 N–H and O–H groups in total. The average molecular weight is 245 g/mol. The minimum absolute atomic E-state index is 0.162. The molecule has 0 unspecified atom stereocenters. The molecule has 0 aliphatic rings. The van der Waals surface area contributed by atoms with E-state index in [2.05, 4.69) is 12.6 Å². The van der Waals surface area contributed by atoms with Crippen LogP contribution in [0.4, 0.5) is 13.2 Å². The number of alkyl halides is 5. The summed E-state index contributed by atoms with van der Waals surface area (Å²) >= 11 is 14.1. The number of thiol groups is 1. The van der Waals surface area contributed by atoms with Gasteiger partial charge in [-0.1, -0.05) is 23.2 Å². The Hall–Kier alpha value is 1.07.